The molecule has 4 rings (SSSR count). The summed E-state index contributed by atoms with van der Waals surface area (Å²) in [5.74, 6) is 1.71. The Morgan fingerprint density at radius 3 is 2.37 bits per heavy atom. The Morgan fingerprint density at radius 2 is 1.78 bits per heavy atom. The molecule has 0 unspecified atom stereocenters. The van der Waals surface area contributed by atoms with Crippen molar-refractivity contribution in [3.63, 3.8) is 0 Å². The highest BCUT2D eigenvalue weighted by Crippen LogP contribution is 2.40. The Labute approximate surface area is 160 Å². The van der Waals surface area contributed by atoms with Gasteiger partial charge in [-0.25, -0.2) is 12.7 Å². The van der Waals surface area contributed by atoms with Gasteiger partial charge in [0.2, 0.25) is 15.9 Å². The first-order valence-corrected chi connectivity index (χ1v) is 11.8. The Hall–Kier alpha value is -1.61. The van der Waals surface area contributed by atoms with E-state index in [0.29, 0.717) is 31.8 Å². The summed E-state index contributed by atoms with van der Waals surface area (Å²) in [6.07, 6.45) is 6.80. The van der Waals surface area contributed by atoms with E-state index >= 15 is 0 Å². The predicted molar refractivity (Wildman–Crippen MR) is 103 cm³/mol. The van der Waals surface area contributed by atoms with Gasteiger partial charge in [0.25, 0.3) is 0 Å². The van der Waals surface area contributed by atoms with E-state index in [1.165, 1.54) is 29.1 Å². The summed E-state index contributed by atoms with van der Waals surface area (Å²) in [7, 11) is -3.15. The first kappa shape index (κ1) is 18.7. The zero-order chi connectivity index (χ0) is 19.0. The van der Waals surface area contributed by atoms with Gasteiger partial charge in [0.15, 0.2) is 5.82 Å². The third kappa shape index (κ3) is 4.45. The van der Waals surface area contributed by atoms with Gasteiger partial charge in [-0.15, -0.1) is 0 Å². The fourth-order valence-corrected chi connectivity index (χ4v) is 4.99. The molecule has 0 aromatic carbocycles. The van der Waals surface area contributed by atoms with E-state index < -0.39 is 10.0 Å². The third-order valence-corrected chi connectivity index (χ3v) is 7.36. The molecule has 1 aliphatic carbocycles. The van der Waals surface area contributed by atoms with E-state index in [1.54, 1.807) is 0 Å². The molecule has 0 bridgehead atoms. The van der Waals surface area contributed by atoms with Gasteiger partial charge < -0.3 is 10.2 Å². The zero-order valence-electron chi connectivity index (χ0n) is 15.9. The topological polar surface area (TPSA) is 98.4 Å². The van der Waals surface area contributed by atoms with E-state index in [4.69, 9.17) is 0 Å². The lowest BCUT2D eigenvalue weighted by Crippen LogP contribution is -2.48. The molecule has 0 radical (unpaired) electrons. The minimum absolute atomic E-state index is 0.0755. The Morgan fingerprint density at radius 1 is 1.11 bits per heavy atom. The van der Waals surface area contributed by atoms with Crippen molar-refractivity contribution in [1.29, 1.82) is 0 Å². The van der Waals surface area contributed by atoms with E-state index in [-0.39, 0.29) is 17.9 Å². The number of hydrogen-bond acceptors (Lipinski definition) is 5. The van der Waals surface area contributed by atoms with Crippen LogP contribution in [0.5, 0.6) is 0 Å². The molecule has 0 atom stereocenters. The van der Waals surface area contributed by atoms with Gasteiger partial charge in [-0.3, -0.25) is 9.89 Å². The summed E-state index contributed by atoms with van der Waals surface area (Å²) in [4.78, 5) is 14.8. The van der Waals surface area contributed by atoms with Crippen molar-refractivity contribution in [1.82, 2.24) is 19.8 Å². The number of piperidine rings is 2. The van der Waals surface area contributed by atoms with E-state index in [0.717, 1.165) is 31.7 Å². The molecule has 150 valence electrons. The van der Waals surface area contributed by atoms with Crippen LogP contribution in [0.25, 0.3) is 0 Å². The molecular weight excluding hydrogens is 366 g/mol. The molecule has 1 aromatic heterocycles. The smallest absolute Gasteiger partial charge is 0.223 e. The Balaban J connectivity index is 1.22. The van der Waals surface area contributed by atoms with Gasteiger partial charge >= 0.3 is 0 Å². The van der Waals surface area contributed by atoms with Crippen LogP contribution in [-0.4, -0.2) is 67.3 Å². The average molecular weight is 396 g/mol. The van der Waals surface area contributed by atoms with Gasteiger partial charge in [-0.05, 0) is 38.5 Å². The second-order valence-corrected chi connectivity index (χ2v) is 10.1. The van der Waals surface area contributed by atoms with Crippen molar-refractivity contribution in [2.75, 3.05) is 37.3 Å². The number of H-pyrrole nitrogens is 1. The number of carbonyl (C=O) groups is 1. The quantitative estimate of drug-likeness (QED) is 0.776. The maximum absolute atomic E-state index is 12.5. The Bertz CT molecular complexity index is 773. The number of hydrogen-bond donors (Lipinski definition) is 2. The largest absolute Gasteiger partial charge is 0.355 e. The van der Waals surface area contributed by atoms with Gasteiger partial charge in [-0.1, -0.05) is 0 Å². The number of aromatic amines is 1. The zero-order valence-corrected chi connectivity index (χ0v) is 16.7. The van der Waals surface area contributed by atoms with Crippen LogP contribution in [0.1, 0.15) is 50.1 Å². The number of anilines is 1. The monoisotopic (exact) mass is 395 g/mol. The molecule has 0 spiro atoms. The highest BCUT2D eigenvalue weighted by molar-refractivity contribution is 7.88. The van der Waals surface area contributed by atoms with Crippen molar-refractivity contribution in [2.24, 2.45) is 5.92 Å². The molecule has 9 heteroatoms. The summed E-state index contributed by atoms with van der Waals surface area (Å²) in [5, 5.41) is 10.8. The summed E-state index contributed by atoms with van der Waals surface area (Å²) in [6.45, 7) is 2.68. The van der Waals surface area contributed by atoms with Gasteiger partial charge in [-0.2, -0.15) is 5.10 Å². The van der Waals surface area contributed by atoms with Crippen LogP contribution in [0.4, 0.5) is 5.82 Å². The molecular formula is C18H29N5O3S. The van der Waals surface area contributed by atoms with Crippen molar-refractivity contribution >= 4 is 21.7 Å². The summed E-state index contributed by atoms with van der Waals surface area (Å²) >= 11 is 0. The molecule has 2 N–H and O–H groups in total. The minimum Gasteiger partial charge on any atom is -0.355 e. The van der Waals surface area contributed by atoms with Crippen LogP contribution >= 0.6 is 0 Å². The normalized spacial score (nSPS) is 23.5. The second kappa shape index (κ2) is 7.43. The number of amides is 1. The number of sulfonamides is 1. The highest BCUT2D eigenvalue weighted by atomic mass is 32.2. The lowest BCUT2D eigenvalue weighted by atomic mass is 9.96. The SMILES string of the molecule is CS(=O)(=O)N1CCC(C(=O)NC2CCN(c3cc(C4CC4)[nH]n3)CC2)CC1. The highest BCUT2D eigenvalue weighted by Gasteiger charge is 2.31. The lowest BCUT2D eigenvalue weighted by molar-refractivity contribution is -0.127. The lowest BCUT2D eigenvalue weighted by Gasteiger charge is -2.34. The molecule has 1 aromatic rings. The maximum Gasteiger partial charge on any atom is 0.223 e. The number of rotatable bonds is 5. The van der Waals surface area contributed by atoms with Crippen molar-refractivity contribution in [2.45, 2.75) is 50.5 Å². The number of nitrogens with one attached hydrogen (secondary N) is 2. The summed E-state index contributed by atoms with van der Waals surface area (Å²) in [6, 6.07) is 2.37. The van der Waals surface area contributed by atoms with Crippen LogP contribution in [0, 0.1) is 5.92 Å². The second-order valence-electron chi connectivity index (χ2n) is 8.16. The molecule has 3 fully saturated rings. The van der Waals surface area contributed by atoms with E-state index in [9.17, 15) is 13.2 Å². The van der Waals surface area contributed by atoms with Crippen LogP contribution in [0.3, 0.4) is 0 Å². The third-order valence-electron chi connectivity index (χ3n) is 6.06. The summed E-state index contributed by atoms with van der Waals surface area (Å²) < 4.78 is 24.6. The fraction of sp³-hybridized carbons (Fsp3) is 0.778. The van der Waals surface area contributed by atoms with E-state index in [1.807, 2.05) is 0 Å². The standard InChI is InChI=1S/C18H29N5O3S/c1-27(25,26)23-10-4-14(5-11-23)18(24)19-15-6-8-22(9-7-15)17-12-16(20-21-17)13-2-3-13/h12-15H,2-11H2,1H3,(H,19,24)(H,20,21). The van der Waals surface area contributed by atoms with Gasteiger partial charge in [0.05, 0.1) is 6.26 Å². The number of carbonyl (C=O) groups excluding carboxylic acids is 1. The van der Waals surface area contributed by atoms with Crippen molar-refractivity contribution in [3.05, 3.63) is 11.8 Å². The van der Waals surface area contributed by atoms with Crippen LogP contribution in [0.15, 0.2) is 6.07 Å². The number of aromatic nitrogens is 2. The molecule has 1 saturated carbocycles. The first-order valence-electron chi connectivity index (χ1n) is 9.96. The van der Waals surface area contributed by atoms with Crippen molar-refractivity contribution in [3.8, 4) is 0 Å². The summed E-state index contributed by atoms with van der Waals surface area (Å²) in [5.41, 5.74) is 1.25. The van der Waals surface area contributed by atoms with Gasteiger partial charge in [0, 0.05) is 55.8 Å². The number of nitrogens with zero attached hydrogens (tertiary/aromatic N) is 3. The molecule has 1 amide bonds. The van der Waals surface area contributed by atoms with Crippen LogP contribution < -0.4 is 10.2 Å². The molecule has 27 heavy (non-hydrogen) atoms. The molecule has 8 nitrogen and oxygen atoms in total. The molecule has 3 aliphatic rings. The predicted octanol–water partition coefficient (Wildman–Crippen LogP) is 1.04. The Kier molecular flexibility index (Phi) is 5.15. The van der Waals surface area contributed by atoms with Crippen LogP contribution in [0.2, 0.25) is 0 Å². The van der Waals surface area contributed by atoms with Crippen molar-refractivity contribution < 1.29 is 13.2 Å². The molecule has 2 saturated heterocycles. The minimum atomic E-state index is -3.15. The first-order chi connectivity index (χ1) is 12.9. The molecule has 2 aliphatic heterocycles. The average Bonchev–Trinajstić information content (AvgIpc) is 3.39. The fourth-order valence-electron chi connectivity index (χ4n) is 4.11. The van der Waals surface area contributed by atoms with E-state index in [2.05, 4.69) is 26.5 Å². The van der Waals surface area contributed by atoms with Crippen LogP contribution in [-0.2, 0) is 14.8 Å². The van der Waals surface area contributed by atoms with Gasteiger partial charge in [0.1, 0.15) is 0 Å². The maximum atomic E-state index is 12.5. The molecule has 3 heterocycles.